The minimum Gasteiger partial charge on any atom is -0.478 e. The highest BCUT2D eigenvalue weighted by molar-refractivity contribution is 7.92. The first-order valence-corrected chi connectivity index (χ1v) is 9.25. The standard InChI is InChI=1S/C18H20N2O5S/c1-18(2,3)17(23)19-13-7-5-8-14(11-13)20-26(24,25)15-9-4-6-12(10-15)16(21)22/h4-11,20H,1-3H3,(H,19,23)(H,21,22). The Hall–Kier alpha value is -2.87. The molecule has 0 bridgehead atoms. The second-order valence-corrected chi connectivity index (χ2v) is 8.41. The van der Waals surface area contributed by atoms with E-state index in [0.717, 1.165) is 6.07 Å². The molecule has 2 aromatic carbocycles. The van der Waals surface area contributed by atoms with Gasteiger partial charge in [-0.25, -0.2) is 13.2 Å². The lowest BCUT2D eigenvalue weighted by Crippen LogP contribution is -2.27. The molecule has 138 valence electrons. The monoisotopic (exact) mass is 376 g/mol. The van der Waals surface area contributed by atoms with Gasteiger partial charge in [-0.3, -0.25) is 9.52 Å². The van der Waals surface area contributed by atoms with Gasteiger partial charge in [0, 0.05) is 11.1 Å². The van der Waals surface area contributed by atoms with Crippen LogP contribution in [0.4, 0.5) is 11.4 Å². The number of rotatable bonds is 5. The van der Waals surface area contributed by atoms with Gasteiger partial charge in [0.2, 0.25) is 5.91 Å². The van der Waals surface area contributed by atoms with Crippen LogP contribution in [0.1, 0.15) is 31.1 Å². The number of carboxylic acid groups (broad SMARTS) is 1. The van der Waals surface area contributed by atoms with Crippen molar-refractivity contribution in [2.75, 3.05) is 10.0 Å². The third kappa shape index (κ3) is 4.82. The number of hydrogen-bond donors (Lipinski definition) is 3. The van der Waals surface area contributed by atoms with E-state index in [9.17, 15) is 18.0 Å². The van der Waals surface area contributed by atoms with Crippen LogP contribution < -0.4 is 10.0 Å². The van der Waals surface area contributed by atoms with E-state index >= 15 is 0 Å². The SMILES string of the molecule is CC(C)(C)C(=O)Nc1cccc(NS(=O)(=O)c2cccc(C(=O)O)c2)c1. The predicted octanol–water partition coefficient (Wildman–Crippen LogP) is 3.17. The molecule has 1 amide bonds. The maximum Gasteiger partial charge on any atom is 0.335 e. The molecule has 2 rings (SSSR count). The Morgan fingerprint density at radius 2 is 1.58 bits per heavy atom. The summed E-state index contributed by atoms with van der Waals surface area (Å²) in [6, 6.07) is 11.3. The third-order valence-electron chi connectivity index (χ3n) is 3.45. The van der Waals surface area contributed by atoms with Gasteiger partial charge >= 0.3 is 5.97 Å². The van der Waals surface area contributed by atoms with E-state index in [1.54, 1.807) is 32.9 Å². The fraction of sp³-hybridized carbons (Fsp3) is 0.222. The van der Waals surface area contributed by atoms with E-state index in [1.165, 1.54) is 30.3 Å². The molecule has 0 saturated carbocycles. The first kappa shape index (κ1) is 19.5. The maximum absolute atomic E-state index is 12.5. The molecule has 0 spiro atoms. The Morgan fingerprint density at radius 1 is 0.962 bits per heavy atom. The number of carbonyl (C=O) groups is 2. The van der Waals surface area contributed by atoms with Crippen molar-refractivity contribution in [1.82, 2.24) is 0 Å². The van der Waals surface area contributed by atoms with Crippen LogP contribution in [0.2, 0.25) is 0 Å². The van der Waals surface area contributed by atoms with Crippen LogP contribution in [0.5, 0.6) is 0 Å². The molecule has 2 aromatic rings. The molecule has 3 N–H and O–H groups in total. The van der Waals surface area contributed by atoms with E-state index in [1.807, 2.05) is 0 Å². The molecule has 0 aromatic heterocycles. The molecular formula is C18H20N2O5S. The molecular weight excluding hydrogens is 356 g/mol. The molecule has 0 aliphatic rings. The summed E-state index contributed by atoms with van der Waals surface area (Å²) in [5.41, 5.74) is -0.0202. The zero-order chi connectivity index (χ0) is 19.5. The normalized spacial score (nSPS) is 11.7. The molecule has 0 saturated heterocycles. The van der Waals surface area contributed by atoms with E-state index in [0.29, 0.717) is 5.69 Å². The summed E-state index contributed by atoms with van der Waals surface area (Å²) >= 11 is 0. The fourth-order valence-electron chi connectivity index (χ4n) is 1.99. The topological polar surface area (TPSA) is 113 Å². The average Bonchev–Trinajstić information content (AvgIpc) is 2.54. The summed E-state index contributed by atoms with van der Waals surface area (Å²) in [5.74, 6) is -1.42. The second-order valence-electron chi connectivity index (χ2n) is 6.72. The molecule has 0 heterocycles. The van der Waals surface area contributed by atoms with E-state index in [-0.39, 0.29) is 22.1 Å². The summed E-state index contributed by atoms with van der Waals surface area (Å²) in [6.45, 7) is 5.30. The minimum absolute atomic E-state index is 0.126. The van der Waals surface area contributed by atoms with E-state index in [4.69, 9.17) is 5.11 Å². The number of sulfonamides is 1. The summed E-state index contributed by atoms with van der Waals surface area (Å²) in [7, 11) is -3.97. The van der Waals surface area contributed by atoms with Crippen LogP contribution in [0.25, 0.3) is 0 Å². The lowest BCUT2D eigenvalue weighted by Gasteiger charge is -2.18. The van der Waals surface area contributed by atoms with Crippen LogP contribution in [0.3, 0.4) is 0 Å². The smallest absolute Gasteiger partial charge is 0.335 e. The Bertz CT molecular complexity index is 946. The van der Waals surface area contributed by atoms with Crippen molar-refractivity contribution < 1.29 is 23.1 Å². The van der Waals surface area contributed by atoms with Crippen LogP contribution >= 0.6 is 0 Å². The molecule has 26 heavy (non-hydrogen) atoms. The fourth-order valence-corrected chi connectivity index (χ4v) is 3.08. The Labute approximate surface area is 152 Å². The minimum atomic E-state index is -3.97. The Morgan fingerprint density at radius 3 is 2.19 bits per heavy atom. The lowest BCUT2D eigenvalue weighted by molar-refractivity contribution is -0.123. The number of carbonyl (C=O) groups excluding carboxylic acids is 1. The lowest BCUT2D eigenvalue weighted by atomic mass is 9.95. The zero-order valence-electron chi connectivity index (χ0n) is 14.6. The van der Waals surface area contributed by atoms with Crippen molar-refractivity contribution in [3.8, 4) is 0 Å². The molecule has 8 heteroatoms. The van der Waals surface area contributed by atoms with Gasteiger partial charge in [-0.1, -0.05) is 32.9 Å². The van der Waals surface area contributed by atoms with Crippen molar-refractivity contribution in [3.63, 3.8) is 0 Å². The predicted molar refractivity (Wildman–Crippen MR) is 98.7 cm³/mol. The van der Waals surface area contributed by atoms with Gasteiger partial charge in [0.05, 0.1) is 16.1 Å². The van der Waals surface area contributed by atoms with Gasteiger partial charge in [-0.2, -0.15) is 0 Å². The van der Waals surface area contributed by atoms with Gasteiger partial charge in [0.15, 0.2) is 0 Å². The van der Waals surface area contributed by atoms with E-state index in [2.05, 4.69) is 10.0 Å². The summed E-state index contributed by atoms with van der Waals surface area (Å²) in [6.07, 6.45) is 0. The molecule has 0 aliphatic heterocycles. The van der Waals surface area contributed by atoms with Crippen molar-refractivity contribution in [3.05, 3.63) is 54.1 Å². The average molecular weight is 376 g/mol. The summed E-state index contributed by atoms with van der Waals surface area (Å²) in [4.78, 5) is 22.9. The van der Waals surface area contributed by atoms with Crippen LogP contribution in [-0.2, 0) is 14.8 Å². The van der Waals surface area contributed by atoms with Gasteiger partial charge < -0.3 is 10.4 Å². The van der Waals surface area contributed by atoms with Gasteiger partial charge in [0.1, 0.15) is 0 Å². The molecule has 0 atom stereocenters. The molecule has 7 nitrogen and oxygen atoms in total. The van der Waals surface area contributed by atoms with Crippen LogP contribution in [-0.4, -0.2) is 25.4 Å². The van der Waals surface area contributed by atoms with Crippen molar-refractivity contribution in [2.45, 2.75) is 25.7 Å². The highest BCUT2D eigenvalue weighted by Gasteiger charge is 2.21. The first-order chi connectivity index (χ1) is 12.0. The highest BCUT2D eigenvalue weighted by Crippen LogP contribution is 2.22. The molecule has 0 radical (unpaired) electrons. The first-order valence-electron chi connectivity index (χ1n) is 7.77. The number of amides is 1. The summed E-state index contributed by atoms with van der Waals surface area (Å²) in [5, 5.41) is 11.7. The van der Waals surface area contributed by atoms with E-state index < -0.39 is 21.4 Å². The molecule has 0 aliphatic carbocycles. The molecule has 0 unspecified atom stereocenters. The van der Waals surface area contributed by atoms with Gasteiger partial charge in [-0.05, 0) is 36.4 Å². The quantitative estimate of drug-likeness (QED) is 0.742. The van der Waals surface area contributed by atoms with Crippen molar-refractivity contribution >= 4 is 33.3 Å². The third-order valence-corrected chi connectivity index (χ3v) is 4.82. The van der Waals surface area contributed by atoms with Crippen LogP contribution in [0.15, 0.2) is 53.4 Å². The second kappa shape index (κ2) is 7.17. The number of anilines is 2. The van der Waals surface area contributed by atoms with Gasteiger partial charge in [0.25, 0.3) is 10.0 Å². The van der Waals surface area contributed by atoms with Gasteiger partial charge in [-0.15, -0.1) is 0 Å². The van der Waals surface area contributed by atoms with Crippen molar-refractivity contribution in [1.29, 1.82) is 0 Å². The largest absolute Gasteiger partial charge is 0.478 e. The Balaban J connectivity index is 2.25. The number of carboxylic acids is 1. The number of benzene rings is 2. The van der Waals surface area contributed by atoms with Crippen LogP contribution in [0, 0.1) is 5.41 Å². The number of nitrogens with one attached hydrogen (secondary N) is 2. The summed E-state index contributed by atoms with van der Waals surface area (Å²) < 4.78 is 27.3. The molecule has 0 fully saturated rings. The maximum atomic E-state index is 12.5. The Kier molecular flexibility index (Phi) is 5.36. The van der Waals surface area contributed by atoms with Crippen molar-refractivity contribution in [2.24, 2.45) is 5.41 Å². The number of hydrogen-bond acceptors (Lipinski definition) is 4. The zero-order valence-corrected chi connectivity index (χ0v) is 15.4. The highest BCUT2D eigenvalue weighted by atomic mass is 32.2. The number of aromatic carboxylic acids is 1.